The van der Waals surface area contributed by atoms with Gasteiger partial charge in [-0.2, -0.15) is 0 Å². The molecule has 0 aliphatic carbocycles. The smallest absolute Gasteiger partial charge is 0.211 e. The molecule has 0 atom stereocenters. The first-order valence-corrected chi connectivity index (χ1v) is 15.7. The van der Waals surface area contributed by atoms with Crippen molar-refractivity contribution < 1.29 is 4.42 Å². The average molecular weight is 600 g/mol. The lowest BCUT2D eigenvalue weighted by Gasteiger charge is -2.17. The van der Waals surface area contributed by atoms with E-state index in [4.69, 9.17) is 11.0 Å². The van der Waals surface area contributed by atoms with E-state index < -0.39 is 0 Å². The third-order valence-electron chi connectivity index (χ3n) is 9.55. The molecule has 0 amide bonds. The predicted octanol–water partition coefficient (Wildman–Crippen LogP) is 12.0. The fourth-order valence-corrected chi connectivity index (χ4v) is 7.58. The van der Waals surface area contributed by atoms with E-state index in [-0.39, 0.29) is 0 Å². The summed E-state index contributed by atoms with van der Waals surface area (Å²) in [6.45, 7) is 8.16. The van der Waals surface area contributed by atoms with Crippen LogP contribution in [0.2, 0.25) is 0 Å². The van der Waals surface area contributed by atoms with Crippen LogP contribution in [0.3, 0.4) is 0 Å². The molecule has 47 heavy (non-hydrogen) atoms. The summed E-state index contributed by atoms with van der Waals surface area (Å²) in [5.41, 5.74) is 10.9. The molecule has 4 nitrogen and oxygen atoms in total. The highest BCUT2D eigenvalue weighted by Crippen LogP contribution is 2.43. The molecule has 0 fully saturated rings. The van der Waals surface area contributed by atoms with E-state index in [2.05, 4.69) is 141 Å². The Labute approximate surface area is 269 Å². The minimum Gasteiger partial charge on any atom is -0.456 e. The SMILES string of the molecule is [C-]#[N+]c1cccc(-c2ccc(-n3c4ccccc4c4ccc5oc6ccccc6c5c43)cc2)c1-n1c2ccccc2c2ccccc21. The molecular formula is C43H25N3O. The highest BCUT2D eigenvalue weighted by Gasteiger charge is 2.21. The average Bonchev–Trinajstić information content (AvgIpc) is 3.79. The Hall–Kier alpha value is -6.57. The number of hydrogen-bond acceptors (Lipinski definition) is 1. The summed E-state index contributed by atoms with van der Waals surface area (Å²) in [5.74, 6) is 0. The second-order valence-corrected chi connectivity index (χ2v) is 12.0. The first-order chi connectivity index (χ1) is 23.3. The van der Waals surface area contributed by atoms with Crippen molar-refractivity contribution in [3.05, 3.63) is 163 Å². The zero-order valence-electron chi connectivity index (χ0n) is 25.2. The molecule has 10 aromatic rings. The van der Waals surface area contributed by atoms with Crippen molar-refractivity contribution in [2.75, 3.05) is 0 Å². The zero-order valence-corrected chi connectivity index (χ0v) is 25.2. The Balaban J connectivity index is 1.22. The molecule has 0 N–H and O–H groups in total. The van der Waals surface area contributed by atoms with Gasteiger partial charge >= 0.3 is 0 Å². The van der Waals surface area contributed by atoms with Gasteiger partial charge in [0, 0.05) is 32.6 Å². The van der Waals surface area contributed by atoms with E-state index in [0.29, 0.717) is 5.69 Å². The monoisotopic (exact) mass is 599 g/mol. The maximum Gasteiger partial charge on any atom is 0.211 e. The Morgan fingerprint density at radius 1 is 0.468 bits per heavy atom. The molecule has 0 aliphatic rings. The molecule has 10 rings (SSSR count). The van der Waals surface area contributed by atoms with Gasteiger partial charge in [0.2, 0.25) is 5.69 Å². The van der Waals surface area contributed by atoms with Crippen molar-refractivity contribution in [1.29, 1.82) is 0 Å². The number of hydrogen-bond donors (Lipinski definition) is 0. The summed E-state index contributed by atoms with van der Waals surface area (Å²) >= 11 is 0. The van der Waals surface area contributed by atoms with Crippen LogP contribution in [0.15, 0.2) is 156 Å². The molecule has 4 heteroatoms. The molecule has 7 aromatic carbocycles. The molecule has 0 saturated carbocycles. The lowest BCUT2D eigenvalue weighted by Crippen LogP contribution is -1.98. The zero-order chi connectivity index (χ0) is 31.1. The summed E-state index contributed by atoms with van der Waals surface area (Å²) in [6.07, 6.45) is 0. The van der Waals surface area contributed by atoms with E-state index in [1.54, 1.807) is 0 Å². The van der Waals surface area contributed by atoms with Crippen molar-refractivity contribution >= 4 is 71.2 Å². The minimum absolute atomic E-state index is 0.620. The van der Waals surface area contributed by atoms with Crippen molar-refractivity contribution in [2.45, 2.75) is 0 Å². The van der Waals surface area contributed by atoms with E-state index in [1.807, 2.05) is 24.3 Å². The molecule has 0 aliphatic heterocycles. The minimum atomic E-state index is 0.620. The van der Waals surface area contributed by atoms with Gasteiger partial charge in [0.05, 0.1) is 39.7 Å². The summed E-state index contributed by atoms with van der Waals surface area (Å²) < 4.78 is 10.9. The highest BCUT2D eigenvalue weighted by atomic mass is 16.3. The van der Waals surface area contributed by atoms with Crippen molar-refractivity contribution in [2.24, 2.45) is 0 Å². The summed E-state index contributed by atoms with van der Waals surface area (Å²) in [6, 6.07) is 52.9. The van der Waals surface area contributed by atoms with Gasteiger partial charge in [0.1, 0.15) is 11.2 Å². The van der Waals surface area contributed by atoms with Gasteiger partial charge in [-0.3, -0.25) is 0 Å². The molecule has 0 radical (unpaired) electrons. The Kier molecular flexibility index (Phi) is 5.32. The van der Waals surface area contributed by atoms with Crippen molar-refractivity contribution in [3.63, 3.8) is 0 Å². The standard InChI is InChI=1S/C43H25N3O/c1-44-35-16-10-15-29(42(35)46-37-18-7-2-11-30(37)31-12-3-8-19-38(31)46)27-21-23-28(24-22-27)45-36-17-6-4-13-32(36)33-25-26-40-41(43(33)45)34-14-5-9-20-39(34)47-40/h2-26H. The number of aromatic nitrogens is 2. The highest BCUT2D eigenvalue weighted by molar-refractivity contribution is 6.24. The van der Waals surface area contributed by atoms with Crippen LogP contribution in [0.1, 0.15) is 0 Å². The number of furan rings is 1. The topological polar surface area (TPSA) is 27.4 Å². The number of rotatable bonds is 3. The lowest BCUT2D eigenvalue weighted by molar-refractivity contribution is 0.669. The van der Waals surface area contributed by atoms with E-state index in [1.165, 1.54) is 21.5 Å². The number of para-hydroxylation sites is 5. The second-order valence-electron chi connectivity index (χ2n) is 12.0. The van der Waals surface area contributed by atoms with Crippen molar-refractivity contribution in [3.8, 4) is 22.5 Å². The fraction of sp³-hybridized carbons (Fsp3) is 0. The van der Waals surface area contributed by atoms with Gasteiger partial charge in [-0.15, -0.1) is 0 Å². The Morgan fingerprint density at radius 2 is 1.06 bits per heavy atom. The molecule has 0 saturated heterocycles. The molecular weight excluding hydrogens is 574 g/mol. The third kappa shape index (κ3) is 3.57. The molecule has 0 bridgehead atoms. The van der Waals surface area contributed by atoms with Crippen LogP contribution in [-0.4, -0.2) is 9.13 Å². The predicted molar refractivity (Wildman–Crippen MR) is 194 cm³/mol. The van der Waals surface area contributed by atoms with Crippen LogP contribution in [0.25, 0.3) is 92.9 Å². The van der Waals surface area contributed by atoms with Crippen molar-refractivity contribution in [1.82, 2.24) is 9.13 Å². The van der Waals surface area contributed by atoms with Crippen LogP contribution in [0, 0.1) is 6.57 Å². The van der Waals surface area contributed by atoms with Crippen LogP contribution >= 0.6 is 0 Å². The molecule has 3 aromatic heterocycles. The number of fused-ring (bicyclic) bond motifs is 10. The van der Waals surface area contributed by atoms with E-state index >= 15 is 0 Å². The first-order valence-electron chi connectivity index (χ1n) is 15.7. The van der Waals surface area contributed by atoms with Crippen LogP contribution in [0.4, 0.5) is 5.69 Å². The van der Waals surface area contributed by atoms with Crippen LogP contribution in [-0.2, 0) is 0 Å². The van der Waals surface area contributed by atoms with E-state index in [0.717, 1.165) is 66.5 Å². The van der Waals surface area contributed by atoms with Crippen LogP contribution in [0.5, 0.6) is 0 Å². The quantitative estimate of drug-likeness (QED) is 0.186. The largest absolute Gasteiger partial charge is 0.456 e. The molecule has 218 valence electrons. The second kappa shape index (κ2) is 9.71. The maximum absolute atomic E-state index is 8.16. The Bertz CT molecular complexity index is 2860. The van der Waals surface area contributed by atoms with Gasteiger partial charge in [-0.1, -0.05) is 103 Å². The maximum atomic E-state index is 8.16. The molecule has 3 heterocycles. The van der Waals surface area contributed by atoms with E-state index in [9.17, 15) is 0 Å². The van der Waals surface area contributed by atoms with Crippen LogP contribution < -0.4 is 0 Å². The normalized spacial score (nSPS) is 11.8. The third-order valence-corrected chi connectivity index (χ3v) is 9.55. The summed E-state index contributed by atoms with van der Waals surface area (Å²) in [7, 11) is 0. The summed E-state index contributed by atoms with van der Waals surface area (Å²) in [5, 5.41) is 6.99. The van der Waals surface area contributed by atoms with Gasteiger partial charge < -0.3 is 13.6 Å². The number of benzene rings is 7. The van der Waals surface area contributed by atoms with Gasteiger partial charge in [0.25, 0.3) is 0 Å². The number of nitrogens with zero attached hydrogens (tertiary/aromatic N) is 3. The molecule has 0 spiro atoms. The van der Waals surface area contributed by atoms with Gasteiger partial charge in [-0.25, -0.2) is 4.85 Å². The Morgan fingerprint density at radius 3 is 1.74 bits per heavy atom. The fourth-order valence-electron chi connectivity index (χ4n) is 7.58. The lowest BCUT2D eigenvalue weighted by atomic mass is 10.0. The van der Waals surface area contributed by atoms with Gasteiger partial charge in [-0.05, 0) is 59.7 Å². The van der Waals surface area contributed by atoms with Gasteiger partial charge in [0.15, 0.2) is 0 Å². The summed E-state index contributed by atoms with van der Waals surface area (Å²) in [4.78, 5) is 4.02. The first kappa shape index (κ1) is 25.7. The molecule has 0 unspecified atom stereocenters.